The average Bonchev–Trinajstić information content (AvgIpc) is 3.03. The molecule has 0 heterocycles. The molecule has 1 aliphatic rings. The molecule has 4 aromatic carbocycles. The van der Waals surface area contributed by atoms with Crippen LogP contribution in [0.15, 0.2) is 84.9 Å². The van der Waals surface area contributed by atoms with Crippen LogP contribution in [0, 0.1) is 0 Å². The maximum absolute atomic E-state index is 6.49. The summed E-state index contributed by atoms with van der Waals surface area (Å²) in [6.45, 7) is 0. The van der Waals surface area contributed by atoms with Crippen LogP contribution >= 0.6 is 0 Å². The van der Waals surface area contributed by atoms with E-state index in [9.17, 15) is 0 Å². The Morgan fingerprint density at radius 3 is 1.21 bits per heavy atom. The first-order chi connectivity index (χ1) is 14.0. The van der Waals surface area contributed by atoms with Gasteiger partial charge in [-0.1, -0.05) is 48.5 Å². The van der Waals surface area contributed by atoms with Crippen molar-refractivity contribution in [2.45, 2.75) is 5.41 Å². The van der Waals surface area contributed by atoms with Gasteiger partial charge in [-0.2, -0.15) is 0 Å². The third-order valence-corrected chi connectivity index (χ3v) is 5.94. The summed E-state index contributed by atoms with van der Waals surface area (Å²) in [6.07, 6.45) is 0. The van der Waals surface area contributed by atoms with Crippen LogP contribution in [-0.2, 0) is 5.41 Å². The number of anilines is 4. The van der Waals surface area contributed by atoms with Crippen molar-refractivity contribution >= 4 is 22.7 Å². The highest BCUT2D eigenvalue weighted by Crippen LogP contribution is 2.58. The number of nitrogens with two attached hydrogens (primary N) is 4. The number of nitrogen functional groups attached to an aromatic ring is 4. The molecule has 1 aliphatic carbocycles. The Kier molecular flexibility index (Phi) is 3.58. The van der Waals surface area contributed by atoms with Crippen LogP contribution in [-0.4, -0.2) is 0 Å². The van der Waals surface area contributed by atoms with Gasteiger partial charge in [0.1, 0.15) is 0 Å². The van der Waals surface area contributed by atoms with Gasteiger partial charge in [0.25, 0.3) is 0 Å². The zero-order valence-corrected chi connectivity index (χ0v) is 15.9. The Balaban J connectivity index is 1.99. The van der Waals surface area contributed by atoms with Gasteiger partial charge in [0.05, 0.1) is 5.41 Å². The number of benzene rings is 4. The van der Waals surface area contributed by atoms with E-state index in [1.807, 2.05) is 48.5 Å². The third kappa shape index (κ3) is 2.26. The highest BCUT2D eigenvalue weighted by molar-refractivity contribution is 5.97. The first kappa shape index (κ1) is 17.2. The average molecular weight is 378 g/mol. The summed E-state index contributed by atoms with van der Waals surface area (Å²) >= 11 is 0. The number of hydrogen-bond acceptors (Lipinski definition) is 4. The lowest BCUT2D eigenvalue weighted by Crippen LogP contribution is -2.28. The van der Waals surface area contributed by atoms with Crippen molar-refractivity contribution < 1.29 is 0 Å². The third-order valence-electron chi connectivity index (χ3n) is 5.94. The zero-order valence-electron chi connectivity index (χ0n) is 15.9. The molecule has 8 N–H and O–H groups in total. The molecule has 4 aromatic rings. The van der Waals surface area contributed by atoms with Crippen LogP contribution in [0.5, 0.6) is 0 Å². The molecule has 4 nitrogen and oxygen atoms in total. The Bertz CT molecular complexity index is 1130. The largest absolute Gasteiger partial charge is 0.399 e. The Morgan fingerprint density at radius 2 is 0.828 bits per heavy atom. The van der Waals surface area contributed by atoms with E-state index in [4.69, 9.17) is 22.9 Å². The second kappa shape index (κ2) is 6.04. The van der Waals surface area contributed by atoms with Gasteiger partial charge in [0.15, 0.2) is 0 Å². The van der Waals surface area contributed by atoms with Crippen molar-refractivity contribution in [3.05, 3.63) is 107 Å². The fourth-order valence-corrected chi connectivity index (χ4v) is 4.72. The van der Waals surface area contributed by atoms with Gasteiger partial charge in [-0.05, 0) is 58.7 Å². The van der Waals surface area contributed by atoms with Gasteiger partial charge in [-0.3, -0.25) is 0 Å². The molecule has 0 atom stereocenters. The van der Waals surface area contributed by atoms with E-state index in [1.54, 1.807) is 0 Å². The first-order valence-corrected chi connectivity index (χ1v) is 9.54. The number of fused-ring (bicyclic) bond motifs is 3. The zero-order chi connectivity index (χ0) is 20.2. The lowest BCUT2D eigenvalue weighted by atomic mass is 9.67. The van der Waals surface area contributed by atoms with Crippen molar-refractivity contribution in [3.8, 4) is 11.1 Å². The standard InChI is InChI=1S/C25H22N4/c26-17-11-7-15(8-12-17)25(16-9-13-18(27)14-10-16)19-3-1-5-21(28)23(19)24-20(25)4-2-6-22(24)29/h1-14H,26-29H2. The smallest absolute Gasteiger partial charge is 0.0715 e. The van der Waals surface area contributed by atoms with Gasteiger partial charge >= 0.3 is 0 Å². The highest BCUT2D eigenvalue weighted by atomic mass is 14.6. The summed E-state index contributed by atoms with van der Waals surface area (Å²) in [6, 6.07) is 28.2. The van der Waals surface area contributed by atoms with Crippen LogP contribution in [0.25, 0.3) is 11.1 Å². The van der Waals surface area contributed by atoms with Crippen LogP contribution < -0.4 is 22.9 Å². The van der Waals surface area contributed by atoms with Crippen molar-refractivity contribution in [1.29, 1.82) is 0 Å². The molecule has 0 saturated carbocycles. The van der Waals surface area contributed by atoms with Crippen molar-refractivity contribution in [3.63, 3.8) is 0 Å². The Labute approximate surface area is 169 Å². The second-order valence-corrected chi connectivity index (χ2v) is 7.53. The molecule has 0 radical (unpaired) electrons. The molecule has 29 heavy (non-hydrogen) atoms. The number of rotatable bonds is 2. The van der Waals surface area contributed by atoms with Gasteiger partial charge in [0, 0.05) is 33.9 Å². The molecule has 142 valence electrons. The summed E-state index contributed by atoms with van der Waals surface area (Å²) in [7, 11) is 0. The van der Waals surface area contributed by atoms with E-state index in [0.29, 0.717) is 0 Å². The minimum absolute atomic E-state index is 0.559. The highest BCUT2D eigenvalue weighted by Gasteiger charge is 2.47. The van der Waals surface area contributed by atoms with Crippen molar-refractivity contribution in [2.75, 3.05) is 22.9 Å². The molecule has 5 rings (SSSR count). The molecule has 0 spiro atoms. The molecular formula is C25H22N4. The van der Waals surface area contributed by atoms with Gasteiger partial charge < -0.3 is 22.9 Å². The van der Waals surface area contributed by atoms with Gasteiger partial charge in [0.2, 0.25) is 0 Å². The molecule has 0 fully saturated rings. The number of hydrogen-bond donors (Lipinski definition) is 4. The molecule has 0 amide bonds. The monoisotopic (exact) mass is 378 g/mol. The molecule has 0 saturated heterocycles. The van der Waals surface area contributed by atoms with E-state index in [-0.39, 0.29) is 0 Å². The fourth-order valence-electron chi connectivity index (χ4n) is 4.72. The molecule has 4 heteroatoms. The maximum Gasteiger partial charge on any atom is 0.0715 e. The summed E-state index contributed by atoms with van der Waals surface area (Å²) in [5.41, 5.74) is 33.7. The molecular weight excluding hydrogens is 356 g/mol. The van der Waals surface area contributed by atoms with Crippen LogP contribution in [0.3, 0.4) is 0 Å². The topological polar surface area (TPSA) is 104 Å². The van der Waals surface area contributed by atoms with Crippen LogP contribution in [0.4, 0.5) is 22.7 Å². The van der Waals surface area contributed by atoms with Crippen LogP contribution in [0.1, 0.15) is 22.3 Å². The molecule has 0 aliphatic heterocycles. The SMILES string of the molecule is Nc1ccc(C2(c3ccc(N)cc3)c3cccc(N)c3-c3c(N)cccc32)cc1. The summed E-state index contributed by atoms with van der Waals surface area (Å²) in [5.74, 6) is 0. The first-order valence-electron chi connectivity index (χ1n) is 9.54. The molecule has 0 bridgehead atoms. The second-order valence-electron chi connectivity index (χ2n) is 7.53. The minimum Gasteiger partial charge on any atom is -0.399 e. The Hall–Kier alpha value is -3.92. The molecule has 0 unspecified atom stereocenters. The minimum atomic E-state index is -0.559. The maximum atomic E-state index is 6.49. The lowest BCUT2D eigenvalue weighted by Gasteiger charge is -2.34. The summed E-state index contributed by atoms with van der Waals surface area (Å²) < 4.78 is 0. The molecule has 0 aromatic heterocycles. The quantitative estimate of drug-likeness (QED) is 0.342. The summed E-state index contributed by atoms with van der Waals surface area (Å²) in [4.78, 5) is 0. The fraction of sp³-hybridized carbons (Fsp3) is 0.0400. The van der Waals surface area contributed by atoms with E-state index >= 15 is 0 Å². The predicted octanol–water partition coefficient (Wildman–Crippen LogP) is 4.38. The van der Waals surface area contributed by atoms with Gasteiger partial charge in [-0.25, -0.2) is 0 Å². The summed E-state index contributed by atoms with van der Waals surface area (Å²) in [5, 5.41) is 0. The van der Waals surface area contributed by atoms with Gasteiger partial charge in [-0.15, -0.1) is 0 Å². The lowest BCUT2D eigenvalue weighted by molar-refractivity contribution is 0.769. The van der Waals surface area contributed by atoms with Crippen LogP contribution in [0.2, 0.25) is 0 Å². The van der Waals surface area contributed by atoms with E-state index < -0.39 is 5.41 Å². The van der Waals surface area contributed by atoms with Crippen molar-refractivity contribution in [1.82, 2.24) is 0 Å². The predicted molar refractivity (Wildman–Crippen MR) is 121 cm³/mol. The Morgan fingerprint density at radius 1 is 0.448 bits per heavy atom. The van der Waals surface area contributed by atoms with E-state index in [0.717, 1.165) is 56.1 Å². The van der Waals surface area contributed by atoms with Crippen molar-refractivity contribution in [2.24, 2.45) is 0 Å². The van der Waals surface area contributed by atoms with E-state index in [2.05, 4.69) is 36.4 Å². The van der Waals surface area contributed by atoms with E-state index in [1.165, 1.54) is 0 Å². The normalized spacial score (nSPS) is 13.7.